The maximum Gasteiger partial charge on any atom is 0.270 e. The van der Waals surface area contributed by atoms with Gasteiger partial charge in [0, 0.05) is 23.8 Å². The number of carbonyl (C=O) groups excluding carboxylic acids is 2. The van der Waals surface area contributed by atoms with Crippen molar-refractivity contribution in [1.82, 2.24) is 15.6 Å². The predicted molar refractivity (Wildman–Crippen MR) is 74.1 cm³/mol. The molecule has 0 bridgehead atoms. The van der Waals surface area contributed by atoms with Gasteiger partial charge in [-0.05, 0) is 39.3 Å². The monoisotopic (exact) mass is 263 g/mol. The minimum atomic E-state index is -0.256. The lowest BCUT2D eigenvalue weighted by Gasteiger charge is -2.12. The van der Waals surface area contributed by atoms with E-state index in [0.717, 1.165) is 6.42 Å². The number of aromatic nitrogens is 1. The van der Waals surface area contributed by atoms with E-state index >= 15 is 0 Å². The van der Waals surface area contributed by atoms with Crippen molar-refractivity contribution in [3.63, 3.8) is 0 Å². The standard InChI is InChI=1S/C14H21N3O2/c1-5-10(4)17-14(19)12-8-11(6-7-15-12)13(18)16-9(2)3/h6-10H,5H2,1-4H3,(H,16,18)(H,17,19). The fourth-order valence-corrected chi connectivity index (χ4v) is 1.44. The predicted octanol–water partition coefficient (Wildman–Crippen LogP) is 1.75. The average Bonchev–Trinajstić information content (AvgIpc) is 2.37. The molecule has 0 fully saturated rings. The molecule has 0 aliphatic heterocycles. The number of pyridine rings is 1. The fraction of sp³-hybridized carbons (Fsp3) is 0.500. The van der Waals surface area contributed by atoms with Crippen LogP contribution in [0, 0.1) is 0 Å². The Morgan fingerprint density at radius 3 is 2.47 bits per heavy atom. The molecule has 0 saturated carbocycles. The highest BCUT2D eigenvalue weighted by Crippen LogP contribution is 2.03. The number of hydrogen-bond acceptors (Lipinski definition) is 3. The van der Waals surface area contributed by atoms with Crippen LogP contribution < -0.4 is 10.6 Å². The lowest BCUT2D eigenvalue weighted by molar-refractivity contribution is 0.0934. The smallest absolute Gasteiger partial charge is 0.270 e. The molecule has 5 heteroatoms. The molecule has 2 N–H and O–H groups in total. The topological polar surface area (TPSA) is 71.1 Å². The van der Waals surface area contributed by atoms with E-state index < -0.39 is 0 Å². The number of hydrogen-bond donors (Lipinski definition) is 2. The van der Waals surface area contributed by atoms with Gasteiger partial charge in [-0.2, -0.15) is 0 Å². The van der Waals surface area contributed by atoms with Crippen molar-refractivity contribution in [2.24, 2.45) is 0 Å². The third-order valence-electron chi connectivity index (χ3n) is 2.66. The van der Waals surface area contributed by atoms with E-state index in [4.69, 9.17) is 0 Å². The number of rotatable bonds is 5. The Hall–Kier alpha value is -1.91. The average molecular weight is 263 g/mol. The van der Waals surface area contributed by atoms with Gasteiger partial charge in [0.05, 0.1) is 0 Å². The first kappa shape index (κ1) is 15.1. The summed E-state index contributed by atoms with van der Waals surface area (Å²) in [7, 11) is 0. The summed E-state index contributed by atoms with van der Waals surface area (Å²) in [5.41, 5.74) is 0.703. The molecule has 1 aromatic rings. The van der Waals surface area contributed by atoms with Gasteiger partial charge in [0.25, 0.3) is 11.8 Å². The molecule has 1 heterocycles. The summed E-state index contributed by atoms with van der Waals surface area (Å²) < 4.78 is 0. The largest absolute Gasteiger partial charge is 0.350 e. The summed E-state index contributed by atoms with van der Waals surface area (Å²) in [6.07, 6.45) is 2.32. The molecule has 1 atom stereocenters. The third kappa shape index (κ3) is 4.69. The molecule has 1 unspecified atom stereocenters. The van der Waals surface area contributed by atoms with Gasteiger partial charge < -0.3 is 10.6 Å². The first-order valence-corrected chi connectivity index (χ1v) is 6.51. The van der Waals surface area contributed by atoms with Crippen molar-refractivity contribution in [1.29, 1.82) is 0 Å². The van der Waals surface area contributed by atoms with Crippen molar-refractivity contribution in [2.45, 2.75) is 46.2 Å². The van der Waals surface area contributed by atoms with Gasteiger partial charge in [0.2, 0.25) is 0 Å². The van der Waals surface area contributed by atoms with Crippen LogP contribution in [0.3, 0.4) is 0 Å². The van der Waals surface area contributed by atoms with Crippen LogP contribution in [-0.4, -0.2) is 28.9 Å². The molecule has 0 aliphatic rings. The first-order valence-electron chi connectivity index (χ1n) is 6.51. The van der Waals surface area contributed by atoms with E-state index in [1.165, 1.54) is 12.3 Å². The number of carbonyl (C=O) groups is 2. The fourth-order valence-electron chi connectivity index (χ4n) is 1.44. The van der Waals surface area contributed by atoms with E-state index in [1.54, 1.807) is 6.07 Å². The highest BCUT2D eigenvalue weighted by Gasteiger charge is 2.13. The molecule has 0 spiro atoms. The number of nitrogens with zero attached hydrogens (tertiary/aromatic N) is 1. The van der Waals surface area contributed by atoms with Gasteiger partial charge in [0.1, 0.15) is 5.69 Å². The zero-order valence-electron chi connectivity index (χ0n) is 11.9. The molecule has 19 heavy (non-hydrogen) atoms. The Bertz CT molecular complexity index is 458. The first-order chi connectivity index (χ1) is 8.93. The summed E-state index contributed by atoms with van der Waals surface area (Å²) in [5, 5.41) is 5.60. The van der Waals surface area contributed by atoms with Crippen LogP contribution >= 0.6 is 0 Å². The normalized spacial score (nSPS) is 12.1. The Morgan fingerprint density at radius 2 is 1.89 bits per heavy atom. The molecule has 1 rings (SSSR count). The second-order valence-corrected chi connectivity index (χ2v) is 4.84. The van der Waals surface area contributed by atoms with E-state index in [1.807, 2.05) is 27.7 Å². The zero-order valence-corrected chi connectivity index (χ0v) is 11.9. The number of amides is 2. The summed E-state index contributed by atoms with van der Waals surface area (Å²) in [6, 6.07) is 3.24. The van der Waals surface area contributed by atoms with Crippen molar-refractivity contribution >= 4 is 11.8 Å². The molecule has 1 aromatic heterocycles. The summed E-state index contributed by atoms with van der Waals surface area (Å²) in [6.45, 7) is 7.68. The van der Waals surface area contributed by atoms with Gasteiger partial charge >= 0.3 is 0 Å². The van der Waals surface area contributed by atoms with Gasteiger partial charge in [-0.15, -0.1) is 0 Å². The van der Waals surface area contributed by atoms with E-state index in [-0.39, 0.29) is 29.6 Å². The molecule has 0 aromatic carbocycles. The van der Waals surface area contributed by atoms with Crippen molar-refractivity contribution in [2.75, 3.05) is 0 Å². The molecule has 0 radical (unpaired) electrons. The molecule has 2 amide bonds. The highest BCUT2D eigenvalue weighted by molar-refractivity contribution is 5.98. The third-order valence-corrected chi connectivity index (χ3v) is 2.66. The summed E-state index contributed by atoms with van der Waals surface area (Å²) in [4.78, 5) is 27.7. The minimum absolute atomic E-state index is 0.0538. The molecule has 104 valence electrons. The van der Waals surface area contributed by atoms with Crippen LogP contribution in [0.25, 0.3) is 0 Å². The van der Waals surface area contributed by atoms with Crippen LogP contribution in [0.4, 0.5) is 0 Å². The Labute approximate surface area is 113 Å². The van der Waals surface area contributed by atoms with Crippen LogP contribution in [0.15, 0.2) is 18.3 Å². The lowest BCUT2D eigenvalue weighted by Crippen LogP contribution is -2.33. The van der Waals surface area contributed by atoms with Crippen LogP contribution in [0.2, 0.25) is 0 Å². The summed E-state index contributed by atoms with van der Waals surface area (Å²) in [5.74, 6) is -0.455. The van der Waals surface area contributed by atoms with Crippen molar-refractivity contribution < 1.29 is 9.59 Å². The highest BCUT2D eigenvalue weighted by atomic mass is 16.2. The van der Waals surface area contributed by atoms with E-state index in [0.29, 0.717) is 5.56 Å². The summed E-state index contributed by atoms with van der Waals surface area (Å²) >= 11 is 0. The van der Waals surface area contributed by atoms with Gasteiger partial charge in [-0.1, -0.05) is 6.92 Å². The number of nitrogens with one attached hydrogen (secondary N) is 2. The SMILES string of the molecule is CCC(C)NC(=O)c1cc(C(=O)NC(C)C)ccn1. The Balaban J connectivity index is 2.82. The second kappa shape index (κ2) is 6.87. The second-order valence-electron chi connectivity index (χ2n) is 4.84. The van der Waals surface area contributed by atoms with Gasteiger partial charge in [-0.3, -0.25) is 14.6 Å². The minimum Gasteiger partial charge on any atom is -0.350 e. The van der Waals surface area contributed by atoms with Gasteiger partial charge in [-0.25, -0.2) is 0 Å². The zero-order chi connectivity index (χ0) is 14.4. The lowest BCUT2D eigenvalue weighted by atomic mass is 10.2. The molecule has 0 saturated heterocycles. The van der Waals surface area contributed by atoms with Gasteiger partial charge in [0.15, 0.2) is 0 Å². The van der Waals surface area contributed by atoms with E-state index in [9.17, 15) is 9.59 Å². The van der Waals surface area contributed by atoms with Crippen LogP contribution in [0.5, 0.6) is 0 Å². The Kier molecular flexibility index (Phi) is 5.48. The van der Waals surface area contributed by atoms with E-state index in [2.05, 4.69) is 15.6 Å². The quantitative estimate of drug-likeness (QED) is 0.850. The van der Waals surface area contributed by atoms with Crippen LogP contribution in [0.1, 0.15) is 55.0 Å². The maximum absolute atomic E-state index is 11.9. The maximum atomic E-state index is 11.9. The Morgan fingerprint density at radius 1 is 1.21 bits per heavy atom. The molecular weight excluding hydrogens is 242 g/mol. The molecule has 0 aliphatic carbocycles. The van der Waals surface area contributed by atoms with Crippen LogP contribution in [-0.2, 0) is 0 Å². The van der Waals surface area contributed by atoms with Crippen molar-refractivity contribution in [3.8, 4) is 0 Å². The molecular formula is C14H21N3O2. The molecule has 5 nitrogen and oxygen atoms in total. The van der Waals surface area contributed by atoms with Crippen molar-refractivity contribution in [3.05, 3.63) is 29.6 Å².